The number of hydrogen-bond donors (Lipinski definition) is 5. The van der Waals surface area contributed by atoms with Crippen molar-refractivity contribution >= 4 is 44.8 Å². The maximum absolute atomic E-state index is 11.8. The van der Waals surface area contributed by atoms with E-state index in [0.29, 0.717) is 16.0 Å². The van der Waals surface area contributed by atoms with E-state index in [1.54, 1.807) is 24.5 Å². The number of nitrogens with zero attached hydrogens (tertiary/aromatic N) is 4. The normalized spacial score (nSPS) is 12.1. The van der Waals surface area contributed by atoms with Crippen LogP contribution in [0.4, 0.5) is 16.6 Å². The minimum atomic E-state index is -1.00. The molecule has 0 saturated carbocycles. The van der Waals surface area contributed by atoms with E-state index in [-0.39, 0.29) is 0 Å². The number of carbonyl (C=O) groups excluding carboxylic acids is 1. The molecule has 0 aliphatic carbocycles. The quantitative estimate of drug-likeness (QED) is 0.328. The fourth-order valence-corrected chi connectivity index (χ4v) is 3.23. The van der Waals surface area contributed by atoms with Crippen molar-refractivity contribution in [3.63, 3.8) is 0 Å². The van der Waals surface area contributed by atoms with Gasteiger partial charge in [0.2, 0.25) is 11.0 Å². The minimum absolute atomic E-state index is 0.321. The summed E-state index contributed by atoms with van der Waals surface area (Å²) < 4.78 is 0. The number of pyridine rings is 1. The molecule has 1 aromatic carbocycles. The first-order valence-electron chi connectivity index (χ1n) is 8.30. The molecule has 0 radical (unpaired) electrons. The van der Waals surface area contributed by atoms with E-state index in [4.69, 9.17) is 10.8 Å². The molecule has 3 heterocycles. The Morgan fingerprint density at radius 2 is 2.18 bits per heavy atom. The number of aromatic amines is 1. The van der Waals surface area contributed by atoms with E-state index in [0.717, 1.165) is 22.2 Å². The number of amides is 1. The van der Waals surface area contributed by atoms with Crippen LogP contribution in [0.1, 0.15) is 0 Å². The van der Waals surface area contributed by atoms with Crippen LogP contribution in [0, 0.1) is 0 Å². The molecule has 0 aliphatic rings. The number of nitrogens with two attached hydrogens (primary N) is 1. The monoisotopic (exact) mass is 396 g/mol. The Bertz CT molecular complexity index is 1130. The largest absolute Gasteiger partial charge is 0.394 e. The zero-order valence-electron chi connectivity index (χ0n) is 14.5. The second-order valence-corrected chi connectivity index (χ2v) is 6.89. The van der Waals surface area contributed by atoms with Gasteiger partial charge in [-0.05, 0) is 30.3 Å². The summed E-state index contributed by atoms with van der Waals surface area (Å²) in [5.41, 5.74) is 8.07. The highest BCUT2D eigenvalue weighted by Gasteiger charge is 2.14. The molecule has 3 aromatic heterocycles. The van der Waals surface area contributed by atoms with E-state index in [2.05, 4.69) is 36.0 Å². The average Bonchev–Trinajstić information content (AvgIpc) is 3.36. The zero-order chi connectivity index (χ0) is 19.5. The van der Waals surface area contributed by atoms with Crippen LogP contribution in [0.5, 0.6) is 0 Å². The molecule has 0 spiro atoms. The first kappa shape index (κ1) is 18.0. The molecule has 4 rings (SSSR count). The summed E-state index contributed by atoms with van der Waals surface area (Å²) in [6.07, 6.45) is 3.30. The summed E-state index contributed by atoms with van der Waals surface area (Å²) in [5.74, 6) is -0.192. The number of fused-ring (bicyclic) bond motifs is 1. The van der Waals surface area contributed by atoms with Gasteiger partial charge in [0, 0.05) is 22.8 Å². The summed E-state index contributed by atoms with van der Waals surface area (Å²) in [6.45, 7) is -0.443. The Hall–Kier alpha value is -3.41. The summed E-state index contributed by atoms with van der Waals surface area (Å²) in [7, 11) is 0. The number of hydrogen-bond acceptors (Lipinski definition) is 9. The molecule has 0 saturated heterocycles. The van der Waals surface area contributed by atoms with Gasteiger partial charge in [0.05, 0.1) is 18.3 Å². The lowest BCUT2D eigenvalue weighted by atomic mass is 10.2. The fourth-order valence-electron chi connectivity index (χ4n) is 2.47. The molecule has 142 valence electrons. The Balaban J connectivity index is 1.50. The molecular weight excluding hydrogens is 380 g/mol. The third-order valence-corrected chi connectivity index (χ3v) is 4.80. The third kappa shape index (κ3) is 3.81. The molecule has 4 aromatic rings. The van der Waals surface area contributed by atoms with Crippen molar-refractivity contribution in [1.82, 2.24) is 25.4 Å². The van der Waals surface area contributed by atoms with E-state index < -0.39 is 18.6 Å². The number of aromatic nitrogens is 5. The van der Waals surface area contributed by atoms with Gasteiger partial charge in [-0.3, -0.25) is 9.89 Å². The van der Waals surface area contributed by atoms with E-state index in [1.807, 2.05) is 18.2 Å². The molecule has 1 amide bonds. The van der Waals surface area contributed by atoms with Gasteiger partial charge >= 0.3 is 0 Å². The van der Waals surface area contributed by atoms with Crippen molar-refractivity contribution in [2.75, 3.05) is 17.2 Å². The topological polar surface area (TPSA) is 155 Å². The smallest absolute Gasteiger partial charge is 0.244 e. The first-order valence-corrected chi connectivity index (χ1v) is 9.11. The van der Waals surface area contributed by atoms with Gasteiger partial charge in [0.25, 0.3) is 0 Å². The Morgan fingerprint density at radius 3 is 3.04 bits per heavy atom. The standard InChI is InChI=1S/C17H16N8O2S/c18-12(8-26)15(27)22-14-6-9(3-4-19-14)16-24-25-17(28-16)21-11-1-2-13-10(5-11)7-20-23-13/h1-7,12,26H,8,18H2,(H,20,23)(H,21,25)(H,19,22,27)/t12-/m0/s1. The summed E-state index contributed by atoms with van der Waals surface area (Å²) in [6, 6.07) is 8.25. The van der Waals surface area contributed by atoms with Gasteiger partial charge in [0.1, 0.15) is 16.9 Å². The first-order chi connectivity index (χ1) is 13.6. The minimum Gasteiger partial charge on any atom is -0.394 e. The van der Waals surface area contributed by atoms with Gasteiger partial charge in [-0.2, -0.15) is 5.10 Å². The molecule has 28 heavy (non-hydrogen) atoms. The SMILES string of the molecule is N[C@@H](CO)C(=O)Nc1cc(-c2nnc(Nc3ccc4[nH]ncc4c3)s2)ccn1. The van der Waals surface area contributed by atoms with Crippen LogP contribution in [-0.2, 0) is 4.79 Å². The van der Waals surface area contributed by atoms with E-state index in [1.165, 1.54) is 11.3 Å². The highest BCUT2D eigenvalue weighted by Crippen LogP contribution is 2.29. The molecule has 10 nitrogen and oxygen atoms in total. The van der Waals surface area contributed by atoms with Crippen molar-refractivity contribution in [1.29, 1.82) is 0 Å². The molecule has 6 N–H and O–H groups in total. The second kappa shape index (κ2) is 7.68. The van der Waals surface area contributed by atoms with Crippen molar-refractivity contribution in [2.45, 2.75) is 6.04 Å². The lowest BCUT2D eigenvalue weighted by molar-refractivity contribution is -0.118. The van der Waals surface area contributed by atoms with Crippen molar-refractivity contribution < 1.29 is 9.90 Å². The Labute approximate surface area is 162 Å². The van der Waals surface area contributed by atoms with E-state index in [9.17, 15) is 4.79 Å². The van der Waals surface area contributed by atoms with Crippen LogP contribution in [0.25, 0.3) is 21.5 Å². The maximum atomic E-state index is 11.8. The van der Waals surface area contributed by atoms with Crippen molar-refractivity contribution in [3.05, 3.63) is 42.7 Å². The fraction of sp³-hybridized carbons (Fsp3) is 0.118. The molecule has 0 bridgehead atoms. The van der Waals surface area contributed by atoms with Gasteiger partial charge in [-0.25, -0.2) is 4.98 Å². The Kier molecular flexibility index (Phi) is 4.93. The van der Waals surface area contributed by atoms with Crippen molar-refractivity contribution in [3.8, 4) is 10.6 Å². The number of benzene rings is 1. The van der Waals surface area contributed by atoms with Crippen LogP contribution >= 0.6 is 11.3 Å². The van der Waals surface area contributed by atoms with Crippen LogP contribution in [0.3, 0.4) is 0 Å². The number of rotatable bonds is 6. The average molecular weight is 396 g/mol. The predicted octanol–water partition coefficient (Wildman–Crippen LogP) is 1.48. The van der Waals surface area contributed by atoms with Crippen LogP contribution in [-0.4, -0.2) is 49.0 Å². The van der Waals surface area contributed by atoms with Gasteiger partial charge in [-0.15, -0.1) is 10.2 Å². The molecule has 1 atom stereocenters. The number of anilines is 3. The molecule has 11 heteroatoms. The van der Waals surface area contributed by atoms with Crippen LogP contribution in [0.2, 0.25) is 0 Å². The number of aliphatic hydroxyl groups excluding tert-OH is 1. The summed E-state index contributed by atoms with van der Waals surface area (Å²) in [5, 5.41) is 32.3. The molecule has 0 fully saturated rings. The van der Waals surface area contributed by atoms with Crippen molar-refractivity contribution in [2.24, 2.45) is 5.73 Å². The predicted molar refractivity (Wildman–Crippen MR) is 106 cm³/mol. The molecule has 0 aliphatic heterocycles. The zero-order valence-corrected chi connectivity index (χ0v) is 15.3. The maximum Gasteiger partial charge on any atom is 0.244 e. The van der Waals surface area contributed by atoms with Gasteiger partial charge < -0.3 is 21.5 Å². The highest BCUT2D eigenvalue weighted by atomic mass is 32.1. The van der Waals surface area contributed by atoms with Gasteiger partial charge in [-0.1, -0.05) is 11.3 Å². The van der Waals surface area contributed by atoms with Crippen LogP contribution in [0.15, 0.2) is 42.7 Å². The lowest BCUT2D eigenvalue weighted by Gasteiger charge is -2.09. The number of carbonyl (C=O) groups is 1. The summed E-state index contributed by atoms with van der Waals surface area (Å²) in [4.78, 5) is 15.9. The molecular formula is C17H16N8O2S. The van der Waals surface area contributed by atoms with Gasteiger partial charge in [0.15, 0.2) is 0 Å². The Morgan fingerprint density at radius 1 is 1.29 bits per heavy atom. The number of nitrogens with one attached hydrogen (secondary N) is 3. The second-order valence-electron chi connectivity index (χ2n) is 5.92. The van der Waals surface area contributed by atoms with Crippen LogP contribution < -0.4 is 16.4 Å². The highest BCUT2D eigenvalue weighted by molar-refractivity contribution is 7.18. The third-order valence-electron chi connectivity index (χ3n) is 3.91. The van der Waals surface area contributed by atoms with E-state index >= 15 is 0 Å². The number of aliphatic hydroxyl groups is 1. The lowest BCUT2D eigenvalue weighted by Crippen LogP contribution is -2.38. The summed E-state index contributed by atoms with van der Waals surface area (Å²) >= 11 is 1.36. The number of H-pyrrole nitrogens is 1. The molecule has 0 unspecified atom stereocenters.